The third kappa shape index (κ3) is 4.22. The molecule has 32 heavy (non-hydrogen) atoms. The number of hydrogen-bond acceptors (Lipinski definition) is 6. The molecule has 4 rings (SSSR count). The minimum absolute atomic E-state index is 0.0692. The molecule has 0 fully saturated rings. The molecule has 0 aliphatic carbocycles. The normalized spacial score (nSPS) is 11.5. The topological polar surface area (TPSA) is 92.5 Å². The van der Waals surface area contributed by atoms with Crippen molar-refractivity contribution in [2.75, 3.05) is 25.7 Å². The lowest BCUT2D eigenvalue weighted by molar-refractivity contribution is 0.0827. The summed E-state index contributed by atoms with van der Waals surface area (Å²) in [6, 6.07) is 18.1. The van der Waals surface area contributed by atoms with Gasteiger partial charge in [-0.05, 0) is 60.5 Å². The molecule has 1 heterocycles. The molecule has 0 atom stereocenters. The van der Waals surface area contributed by atoms with Gasteiger partial charge in [0.1, 0.15) is 5.52 Å². The highest BCUT2D eigenvalue weighted by atomic mass is 32.2. The summed E-state index contributed by atoms with van der Waals surface area (Å²) >= 11 is 0. The molecule has 0 saturated heterocycles. The number of nitrogens with one attached hydrogen (secondary N) is 1. The van der Waals surface area contributed by atoms with Crippen LogP contribution < -0.4 is 5.32 Å². The lowest BCUT2D eigenvalue weighted by Crippen LogP contribution is -2.21. The number of amides is 1. The summed E-state index contributed by atoms with van der Waals surface area (Å²) in [5, 5.41) is 3.13. The van der Waals surface area contributed by atoms with Crippen LogP contribution in [-0.2, 0) is 9.84 Å². The van der Waals surface area contributed by atoms with Crippen molar-refractivity contribution in [3.63, 3.8) is 0 Å². The van der Waals surface area contributed by atoms with Gasteiger partial charge in [-0.2, -0.15) is 4.98 Å². The van der Waals surface area contributed by atoms with Crippen LogP contribution in [0.4, 0.5) is 11.7 Å². The minimum Gasteiger partial charge on any atom is -0.423 e. The van der Waals surface area contributed by atoms with Gasteiger partial charge in [0.2, 0.25) is 0 Å². The van der Waals surface area contributed by atoms with Crippen LogP contribution in [0, 0.1) is 6.92 Å². The maximum atomic E-state index is 12.0. The molecule has 0 spiro atoms. The maximum absolute atomic E-state index is 12.0. The molecule has 164 valence electrons. The highest BCUT2D eigenvalue weighted by Gasteiger charge is 2.16. The highest BCUT2D eigenvalue weighted by molar-refractivity contribution is 7.90. The Labute approximate surface area is 186 Å². The Morgan fingerprint density at radius 3 is 2.34 bits per heavy atom. The van der Waals surface area contributed by atoms with Gasteiger partial charge in [0.05, 0.1) is 4.90 Å². The molecular formula is C24H23N3O4S. The number of para-hydroxylation sites is 1. The van der Waals surface area contributed by atoms with Crippen LogP contribution >= 0.6 is 0 Å². The predicted molar refractivity (Wildman–Crippen MR) is 125 cm³/mol. The number of aryl methyl sites for hydroxylation is 1. The second-order valence-electron chi connectivity index (χ2n) is 7.82. The lowest BCUT2D eigenvalue weighted by Gasteiger charge is -2.10. The first kappa shape index (κ1) is 21.6. The Morgan fingerprint density at radius 2 is 1.72 bits per heavy atom. The van der Waals surface area contributed by atoms with E-state index in [-0.39, 0.29) is 10.8 Å². The van der Waals surface area contributed by atoms with Crippen LogP contribution in [-0.4, -0.2) is 44.6 Å². The van der Waals surface area contributed by atoms with Crippen LogP contribution in [0.3, 0.4) is 0 Å². The molecule has 0 bridgehead atoms. The Morgan fingerprint density at radius 1 is 1.00 bits per heavy atom. The third-order valence-corrected chi connectivity index (χ3v) is 6.23. The molecule has 0 saturated carbocycles. The number of hydrogen-bond donors (Lipinski definition) is 1. The second kappa shape index (κ2) is 8.12. The van der Waals surface area contributed by atoms with Crippen molar-refractivity contribution in [1.29, 1.82) is 0 Å². The molecule has 8 heteroatoms. The van der Waals surface area contributed by atoms with Crippen LogP contribution in [0.25, 0.3) is 22.2 Å². The molecule has 1 aromatic heterocycles. The molecular weight excluding hydrogens is 426 g/mol. The molecule has 1 N–H and O–H groups in total. The smallest absolute Gasteiger partial charge is 0.300 e. The van der Waals surface area contributed by atoms with E-state index in [1.54, 1.807) is 56.6 Å². The van der Waals surface area contributed by atoms with Crippen molar-refractivity contribution in [2.45, 2.75) is 11.8 Å². The third-order valence-electron chi connectivity index (χ3n) is 5.12. The number of anilines is 2. The highest BCUT2D eigenvalue weighted by Crippen LogP contribution is 2.34. The molecule has 7 nitrogen and oxygen atoms in total. The molecule has 0 aliphatic heterocycles. The molecule has 3 aromatic carbocycles. The van der Waals surface area contributed by atoms with Gasteiger partial charge in [-0.15, -0.1) is 0 Å². The number of oxazole rings is 1. The first-order valence-corrected chi connectivity index (χ1v) is 11.8. The van der Waals surface area contributed by atoms with Gasteiger partial charge in [-0.3, -0.25) is 4.79 Å². The number of sulfone groups is 1. The van der Waals surface area contributed by atoms with Gasteiger partial charge < -0.3 is 14.6 Å². The number of carbonyl (C=O) groups is 1. The van der Waals surface area contributed by atoms with Crippen LogP contribution in [0.2, 0.25) is 0 Å². The van der Waals surface area contributed by atoms with Crippen LogP contribution in [0.1, 0.15) is 15.9 Å². The van der Waals surface area contributed by atoms with Crippen molar-refractivity contribution in [3.8, 4) is 11.1 Å². The summed E-state index contributed by atoms with van der Waals surface area (Å²) in [5.74, 6) is -0.0692. The van der Waals surface area contributed by atoms with Crippen molar-refractivity contribution in [1.82, 2.24) is 9.88 Å². The van der Waals surface area contributed by atoms with E-state index >= 15 is 0 Å². The zero-order chi connectivity index (χ0) is 23.0. The maximum Gasteiger partial charge on any atom is 0.300 e. The van der Waals surface area contributed by atoms with E-state index in [1.807, 2.05) is 25.1 Å². The Kier molecular flexibility index (Phi) is 5.48. The number of nitrogens with zero attached hydrogens (tertiary/aromatic N) is 2. The number of carbonyl (C=O) groups excluding carboxylic acids is 1. The summed E-state index contributed by atoms with van der Waals surface area (Å²) in [5.41, 5.74) is 5.13. The Balaban J connectivity index is 1.67. The Bertz CT molecular complexity index is 1420. The van der Waals surface area contributed by atoms with Gasteiger partial charge in [-0.25, -0.2) is 8.42 Å². The Hall–Kier alpha value is -3.65. The standard InChI is InChI=1S/C24H23N3O4S/c1-15-14-18(32(4,29)30)12-13-19(15)20-6-5-7-21-22(20)31-24(26-21)25-17-10-8-16(9-11-17)23(28)27(2)3/h5-14H,1-4H3,(H,25,26). The van der Waals surface area contributed by atoms with E-state index in [1.165, 1.54) is 11.2 Å². The van der Waals surface area contributed by atoms with E-state index < -0.39 is 9.84 Å². The van der Waals surface area contributed by atoms with Crippen molar-refractivity contribution < 1.29 is 17.6 Å². The van der Waals surface area contributed by atoms with E-state index in [4.69, 9.17) is 4.42 Å². The number of rotatable bonds is 5. The molecule has 0 aliphatic rings. The summed E-state index contributed by atoms with van der Waals surface area (Å²) < 4.78 is 29.7. The quantitative estimate of drug-likeness (QED) is 0.477. The van der Waals surface area contributed by atoms with E-state index in [0.717, 1.165) is 22.4 Å². The summed E-state index contributed by atoms with van der Waals surface area (Å²) in [6.45, 7) is 1.87. The lowest BCUT2D eigenvalue weighted by atomic mass is 10.00. The first-order valence-electron chi connectivity index (χ1n) is 9.93. The van der Waals surface area contributed by atoms with Gasteiger partial charge in [0.25, 0.3) is 11.9 Å². The van der Waals surface area contributed by atoms with Gasteiger partial charge in [0.15, 0.2) is 15.4 Å². The molecule has 0 unspecified atom stereocenters. The van der Waals surface area contributed by atoms with Crippen molar-refractivity contribution in [3.05, 3.63) is 71.8 Å². The number of aromatic nitrogens is 1. The van der Waals surface area contributed by atoms with Gasteiger partial charge >= 0.3 is 0 Å². The van der Waals surface area contributed by atoms with Gasteiger partial charge in [-0.1, -0.05) is 18.2 Å². The van der Waals surface area contributed by atoms with Crippen LogP contribution in [0.5, 0.6) is 0 Å². The fourth-order valence-corrected chi connectivity index (χ4v) is 4.17. The average molecular weight is 450 g/mol. The zero-order valence-electron chi connectivity index (χ0n) is 18.2. The summed E-state index contributed by atoms with van der Waals surface area (Å²) in [4.78, 5) is 18.4. The van der Waals surface area contributed by atoms with E-state index in [2.05, 4.69) is 10.3 Å². The monoisotopic (exact) mass is 449 g/mol. The van der Waals surface area contributed by atoms with Crippen molar-refractivity contribution in [2.24, 2.45) is 0 Å². The summed E-state index contributed by atoms with van der Waals surface area (Å²) in [7, 11) is 0.138. The van der Waals surface area contributed by atoms with E-state index in [0.29, 0.717) is 22.7 Å². The summed E-state index contributed by atoms with van der Waals surface area (Å²) in [6.07, 6.45) is 1.19. The zero-order valence-corrected chi connectivity index (χ0v) is 19.0. The van der Waals surface area contributed by atoms with E-state index in [9.17, 15) is 13.2 Å². The van der Waals surface area contributed by atoms with Gasteiger partial charge in [0, 0.05) is 37.2 Å². The molecule has 0 radical (unpaired) electrons. The fraction of sp³-hybridized carbons (Fsp3) is 0.167. The van der Waals surface area contributed by atoms with Crippen LogP contribution in [0.15, 0.2) is 70.0 Å². The van der Waals surface area contributed by atoms with Crippen molar-refractivity contribution >= 4 is 38.5 Å². The largest absolute Gasteiger partial charge is 0.423 e. The minimum atomic E-state index is -3.28. The number of benzene rings is 3. The first-order chi connectivity index (χ1) is 15.1. The fourth-order valence-electron chi connectivity index (χ4n) is 3.46. The second-order valence-corrected chi connectivity index (χ2v) is 9.84. The SMILES string of the molecule is Cc1cc(S(C)(=O)=O)ccc1-c1cccc2nc(Nc3ccc(C(=O)N(C)C)cc3)oc12. The average Bonchev–Trinajstić information content (AvgIpc) is 3.15. The number of fused-ring (bicyclic) bond motifs is 1. The predicted octanol–water partition coefficient (Wildman–Crippen LogP) is 4.65. The molecule has 4 aromatic rings. The molecule has 1 amide bonds.